The first-order chi connectivity index (χ1) is 16.6. The van der Waals surface area contributed by atoms with Crippen LogP contribution in [-0.2, 0) is 11.3 Å². The highest BCUT2D eigenvalue weighted by Crippen LogP contribution is 2.29. The number of halogens is 1. The number of rotatable bonds is 6. The van der Waals surface area contributed by atoms with Crippen molar-refractivity contribution < 1.29 is 23.5 Å². The number of ketones is 1. The molecular weight excluding hydrogens is 455 g/mol. The van der Waals surface area contributed by atoms with Gasteiger partial charge in [0.2, 0.25) is 5.88 Å². The molecule has 0 spiro atoms. The highest BCUT2D eigenvalue weighted by molar-refractivity contribution is 6.44. The molecule has 0 bridgehead atoms. The summed E-state index contributed by atoms with van der Waals surface area (Å²) in [6.07, 6.45) is 1.25. The van der Waals surface area contributed by atoms with Crippen LogP contribution in [0, 0.1) is 5.82 Å². The number of ether oxygens (including phenoxy) is 1. The Kier molecular flexibility index (Phi) is 6.44. The summed E-state index contributed by atoms with van der Waals surface area (Å²) >= 11 is 0. The summed E-state index contributed by atoms with van der Waals surface area (Å²) < 4.78 is 19.7. The molecule has 2 amide bonds. The van der Waals surface area contributed by atoms with E-state index in [1.54, 1.807) is 17.0 Å². The number of nitrogens with zero attached hydrogens (tertiary/aromatic N) is 4. The molecule has 184 valence electrons. The van der Waals surface area contributed by atoms with E-state index in [1.807, 2.05) is 13.8 Å². The van der Waals surface area contributed by atoms with Crippen LogP contribution in [0.1, 0.15) is 40.1 Å². The lowest BCUT2D eigenvalue weighted by Gasteiger charge is -2.44. The lowest BCUT2D eigenvalue weighted by Crippen LogP contribution is -2.57. The van der Waals surface area contributed by atoms with Gasteiger partial charge in [-0.05, 0) is 37.6 Å². The zero-order chi connectivity index (χ0) is 25.4. The van der Waals surface area contributed by atoms with Crippen LogP contribution in [0.2, 0.25) is 0 Å². The zero-order valence-corrected chi connectivity index (χ0v) is 19.7. The Hall–Kier alpha value is -3.99. The summed E-state index contributed by atoms with van der Waals surface area (Å²) in [6, 6.07) is 7.72. The van der Waals surface area contributed by atoms with Gasteiger partial charge in [0.25, 0.3) is 17.6 Å². The minimum Gasteiger partial charge on any atom is -0.480 e. The van der Waals surface area contributed by atoms with Gasteiger partial charge in [-0.1, -0.05) is 12.1 Å². The lowest BCUT2D eigenvalue weighted by atomic mass is 10.0. The van der Waals surface area contributed by atoms with Crippen molar-refractivity contribution in [1.29, 1.82) is 0 Å². The normalized spacial score (nSPS) is 18.6. The Labute approximate surface area is 201 Å². The van der Waals surface area contributed by atoms with E-state index in [1.165, 1.54) is 31.5 Å². The number of piperazine rings is 1. The van der Waals surface area contributed by atoms with Crippen molar-refractivity contribution in [2.24, 2.45) is 5.73 Å². The number of methoxy groups -OCH3 is 1. The predicted molar refractivity (Wildman–Crippen MR) is 127 cm³/mol. The van der Waals surface area contributed by atoms with Crippen LogP contribution in [0.3, 0.4) is 0 Å². The van der Waals surface area contributed by atoms with Crippen LogP contribution in [0.25, 0.3) is 11.0 Å². The fraction of sp³-hybridized carbons (Fsp3) is 0.333. The summed E-state index contributed by atoms with van der Waals surface area (Å²) in [5.74, 6) is 3.29. The summed E-state index contributed by atoms with van der Waals surface area (Å²) in [5.41, 5.74) is 6.44. The number of hydrogen-bond acceptors (Lipinski definition) is 7. The van der Waals surface area contributed by atoms with Crippen LogP contribution < -0.4 is 16.3 Å². The molecule has 1 aromatic carbocycles. The van der Waals surface area contributed by atoms with Crippen LogP contribution in [0.5, 0.6) is 5.88 Å². The van der Waals surface area contributed by atoms with Gasteiger partial charge in [-0.2, -0.15) is 4.98 Å². The first kappa shape index (κ1) is 24.1. The SMILES string of the molecule is COc1nc2c(cc1C(=O)N1C[C@H](C)N(Cc3ccc(F)cc3)C[C@H]1C)c(C(=O)C(N)=O)cn2N. The van der Waals surface area contributed by atoms with Gasteiger partial charge in [-0.3, -0.25) is 24.0 Å². The van der Waals surface area contributed by atoms with Gasteiger partial charge in [0.15, 0.2) is 5.65 Å². The molecular formula is C24H27FN6O4. The molecule has 1 aliphatic rings. The zero-order valence-electron chi connectivity index (χ0n) is 19.7. The maximum atomic E-state index is 13.6. The largest absolute Gasteiger partial charge is 0.480 e. The number of nitrogens with two attached hydrogens (primary N) is 2. The quantitative estimate of drug-likeness (QED) is 0.307. The molecule has 0 unspecified atom stereocenters. The smallest absolute Gasteiger partial charge is 0.289 e. The number of aromatic nitrogens is 2. The van der Waals surface area contributed by atoms with Crippen molar-refractivity contribution in [1.82, 2.24) is 19.5 Å². The Morgan fingerprint density at radius 1 is 1.11 bits per heavy atom. The van der Waals surface area contributed by atoms with E-state index in [0.717, 1.165) is 10.2 Å². The molecule has 1 aliphatic heterocycles. The monoisotopic (exact) mass is 482 g/mol. The minimum atomic E-state index is -1.14. The van der Waals surface area contributed by atoms with Crippen LogP contribution >= 0.6 is 0 Å². The Morgan fingerprint density at radius 2 is 1.80 bits per heavy atom. The minimum absolute atomic E-state index is 0.0278. The Bertz CT molecular complexity index is 1310. The molecule has 2 atom stereocenters. The summed E-state index contributed by atoms with van der Waals surface area (Å²) in [6.45, 7) is 5.64. The predicted octanol–water partition coefficient (Wildman–Crippen LogP) is 1.30. The molecule has 35 heavy (non-hydrogen) atoms. The Balaban J connectivity index is 1.63. The third-order valence-corrected chi connectivity index (χ3v) is 6.34. The highest BCUT2D eigenvalue weighted by atomic mass is 19.1. The van der Waals surface area contributed by atoms with E-state index in [0.29, 0.717) is 19.6 Å². The molecule has 1 fully saturated rings. The lowest BCUT2D eigenvalue weighted by molar-refractivity contribution is -0.114. The fourth-order valence-electron chi connectivity index (χ4n) is 4.46. The molecule has 0 radical (unpaired) electrons. The number of hydrogen-bond donors (Lipinski definition) is 2. The number of amides is 2. The second-order valence-corrected chi connectivity index (χ2v) is 8.77. The van der Waals surface area contributed by atoms with Gasteiger partial charge < -0.3 is 21.2 Å². The van der Waals surface area contributed by atoms with Crippen LogP contribution in [-0.4, -0.2) is 69.3 Å². The van der Waals surface area contributed by atoms with E-state index in [9.17, 15) is 18.8 Å². The fourth-order valence-corrected chi connectivity index (χ4v) is 4.46. The standard InChI is InChI=1S/C24H27FN6O4/c1-13-10-30(14(2)9-29(13)11-15-4-6-16(25)7-5-15)24(34)18-8-17-19(20(32)21(26)33)12-31(27)22(17)28-23(18)35-3/h4-8,12-14H,9-11,27H2,1-3H3,(H2,26,33)/t13-,14+/m0/s1. The number of pyridine rings is 1. The average molecular weight is 483 g/mol. The maximum absolute atomic E-state index is 13.6. The number of nitrogen functional groups attached to an aromatic ring is 1. The number of fused-ring (bicyclic) bond motifs is 1. The van der Waals surface area contributed by atoms with Crippen molar-refractivity contribution in [3.63, 3.8) is 0 Å². The second-order valence-electron chi connectivity index (χ2n) is 8.77. The van der Waals surface area contributed by atoms with Gasteiger partial charge in [-0.15, -0.1) is 0 Å². The molecule has 2 aromatic heterocycles. The molecule has 3 heterocycles. The molecule has 11 heteroatoms. The van der Waals surface area contributed by atoms with Gasteiger partial charge in [0, 0.05) is 43.3 Å². The summed E-state index contributed by atoms with van der Waals surface area (Å²) in [7, 11) is 1.39. The van der Waals surface area contributed by atoms with E-state index in [4.69, 9.17) is 16.3 Å². The van der Waals surface area contributed by atoms with Gasteiger partial charge >= 0.3 is 0 Å². The first-order valence-corrected chi connectivity index (χ1v) is 11.1. The number of primary amides is 1. The van der Waals surface area contributed by atoms with Crippen molar-refractivity contribution in [3.05, 3.63) is 59.0 Å². The second kappa shape index (κ2) is 9.34. The third-order valence-electron chi connectivity index (χ3n) is 6.34. The number of benzene rings is 1. The van der Waals surface area contributed by atoms with E-state index < -0.39 is 11.7 Å². The van der Waals surface area contributed by atoms with Crippen molar-refractivity contribution in [2.45, 2.75) is 32.5 Å². The van der Waals surface area contributed by atoms with E-state index >= 15 is 0 Å². The average Bonchev–Trinajstić information content (AvgIpc) is 3.16. The van der Waals surface area contributed by atoms with Crippen molar-refractivity contribution >= 4 is 28.6 Å². The van der Waals surface area contributed by atoms with E-state index in [2.05, 4.69) is 9.88 Å². The first-order valence-electron chi connectivity index (χ1n) is 11.1. The van der Waals surface area contributed by atoms with Crippen molar-refractivity contribution in [3.8, 4) is 5.88 Å². The molecule has 0 aliphatic carbocycles. The topological polar surface area (TPSA) is 137 Å². The molecule has 3 aromatic rings. The highest BCUT2D eigenvalue weighted by Gasteiger charge is 2.34. The van der Waals surface area contributed by atoms with Crippen LogP contribution in [0.15, 0.2) is 36.5 Å². The molecule has 10 nitrogen and oxygen atoms in total. The summed E-state index contributed by atoms with van der Waals surface area (Å²) in [5, 5.41) is 0.232. The van der Waals surface area contributed by atoms with Crippen LogP contribution in [0.4, 0.5) is 4.39 Å². The molecule has 4 N–H and O–H groups in total. The van der Waals surface area contributed by atoms with Crippen molar-refractivity contribution in [2.75, 3.05) is 26.0 Å². The Morgan fingerprint density at radius 3 is 2.43 bits per heavy atom. The number of carbonyl (C=O) groups is 3. The van der Waals surface area contributed by atoms with Gasteiger partial charge in [0.05, 0.1) is 12.7 Å². The van der Waals surface area contributed by atoms with Gasteiger partial charge in [0.1, 0.15) is 11.4 Å². The molecule has 4 rings (SSSR count). The van der Waals surface area contributed by atoms with Gasteiger partial charge in [-0.25, -0.2) is 4.39 Å². The number of Topliss-reactive ketones (excluding diaryl/α,β-unsaturated/α-hetero) is 1. The number of carbonyl (C=O) groups excluding carboxylic acids is 3. The molecule has 1 saturated heterocycles. The molecule has 0 saturated carbocycles. The maximum Gasteiger partial charge on any atom is 0.289 e. The summed E-state index contributed by atoms with van der Waals surface area (Å²) in [4.78, 5) is 45.7. The third kappa shape index (κ3) is 4.54. The van der Waals surface area contributed by atoms with E-state index in [-0.39, 0.29) is 51.8 Å².